The van der Waals surface area contributed by atoms with Gasteiger partial charge in [0.2, 0.25) is 0 Å². The maximum Gasteiger partial charge on any atom is 0.321 e. The third-order valence-corrected chi connectivity index (χ3v) is 4.56. The average molecular weight is 288 g/mol. The average Bonchev–Trinajstić information content (AvgIpc) is 3.16. The van der Waals surface area contributed by atoms with Crippen molar-refractivity contribution in [1.82, 2.24) is 4.90 Å². The molecule has 5 heteroatoms. The smallest absolute Gasteiger partial charge is 0.321 e. The molecule has 0 radical (unpaired) electrons. The molecule has 1 aromatic rings. The summed E-state index contributed by atoms with van der Waals surface area (Å²) in [5.41, 5.74) is 0.847. The van der Waals surface area contributed by atoms with Gasteiger partial charge in [-0.3, -0.25) is 4.79 Å². The molecule has 2 fully saturated rings. The van der Waals surface area contributed by atoms with Crippen LogP contribution in [0, 0.1) is 5.92 Å². The summed E-state index contributed by atoms with van der Waals surface area (Å²) in [5, 5.41) is 12.1. The van der Waals surface area contributed by atoms with Crippen molar-refractivity contribution in [1.29, 1.82) is 0 Å². The summed E-state index contributed by atoms with van der Waals surface area (Å²) in [7, 11) is 0. The minimum Gasteiger partial charge on any atom is -0.481 e. The molecule has 1 aromatic carbocycles. The SMILES string of the molecule is CC1CCN(C(=O)Nc2ccc(C3(C(=O)O)CC3)cc2)C1. The predicted molar refractivity (Wildman–Crippen MR) is 79.4 cm³/mol. The maximum atomic E-state index is 12.1. The van der Waals surface area contributed by atoms with E-state index in [1.165, 1.54) is 0 Å². The Labute approximate surface area is 123 Å². The molecule has 1 aliphatic heterocycles. The Hall–Kier alpha value is -2.04. The standard InChI is InChI=1S/C16H20N2O3/c1-11-6-9-18(10-11)15(21)17-13-4-2-12(3-5-13)16(7-8-16)14(19)20/h2-5,11H,6-10H2,1H3,(H,17,21)(H,19,20). The van der Waals surface area contributed by atoms with Crippen LogP contribution in [0.4, 0.5) is 10.5 Å². The van der Waals surface area contributed by atoms with Crippen LogP contribution in [0.3, 0.4) is 0 Å². The van der Waals surface area contributed by atoms with Crippen molar-refractivity contribution >= 4 is 17.7 Å². The van der Waals surface area contributed by atoms with Gasteiger partial charge in [0.1, 0.15) is 0 Å². The highest BCUT2D eigenvalue weighted by atomic mass is 16.4. The van der Waals surface area contributed by atoms with Crippen molar-refractivity contribution in [2.24, 2.45) is 5.92 Å². The molecule has 5 nitrogen and oxygen atoms in total. The Morgan fingerprint density at radius 2 is 1.95 bits per heavy atom. The zero-order valence-corrected chi connectivity index (χ0v) is 12.1. The molecule has 2 N–H and O–H groups in total. The molecular formula is C16H20N2O3. The summed E-state index contributed by atoms with van der Waals surface area (Å²) in [5.74, 6) is -0.200. The Morgan fingerprint density at radius 3 is 2.43 bits per heavy atom. The first-order chi connectivity index (χ1) is 10.0. The van der Waals surface area contributed by atoms with Crippen LogP contribution < -0.4 is 5.32 Å². The molecule has 1 unspecified atom stereocenters. The number of benzene rings is 1. The van der Waals surface area contributed by atoms with Crippen molar-refractivity contribution in [2.75, 3.05) is 18.4 Å². The van der Waals surface area contributed by atoms with Crippen molar-refractivity contribution < 1.29 is 14.7 Å². The molecular weight excluding hydrogens is 268 g/mol. The van der Waals surface area contributed by atoms with E-state index in [2.05, 4.69) is 12.2 Å². The molecule has 0 aromatic heterocycles. The third-order valence-electron chi connectivity index (χ3n) is 4.56. The van der Waals surface area contributed by atoms with Gasteiger partial charge in [-0.25, -0.2) is 4.79 Å². The maximum absolute atomic E-state index is 12.1. The first kappa shape index (κ1) is 13.9. The largest absolute Gasteiger partial charge is 0.481 e. The molecule has 1 heterocycles. The van der Waals surface area contributed by atoms with E-state index in [-0.39, 0.29) is 6.03 Å². The lowest BCUT2D eigenvalue weighted by Gasteiger charge is -2.17. The van der Waals surface area contributed by atoms with Crippen LogP contribution in [0.5, 0.6) is 0 Å². The Bertz CT molecular complexity index is 563. The molecule has 21 heavy (non-hydrogen) atoms. The van der Waals surface area contributed by atoms with E-state index in [4.69, 9.17) is 0 Å². The van der Waals surface area contributed by atoms with E-state index in [1.807, 2.05) is 17.0 Å². The van der Waals surface area contributed by atoms with Gasteiger partial charge in [-0.15, -0.1) is 0 Å². The fraction of sp³-hybridized carbons (Fsp3) is 0.500. The monoisotopic (exact) mass is 288 g/mol. The lowest BCUT2D eigenvalue weighted by atomic mass is 9.96. The molecule has 112 valence electrons. The van der Waals surface area contributed by atoms with Crippen LogP contribution in [0.1, 0.15) is 31.7 Å². The van der Waals surface area contributed by atoms with Gasteiger partial charge in [0, 0.05) is 18.8 Å². The number of likely N-dealkylation sites (tertiary alicyclic amines) is 1. The number of carboxylic acids is 1. The van der Waals surface area contributed by atoms with Gasteiger partial charge in [-0.2, -0.15) is 0 Å². The van der Waals surface area contributed by atoms with E-state index < -0.39 is 11.4 Å². The number of hydrogen-bond acceptors (Lipinski definition) is 2. The van der Waals surface area contributed by atoms with Crippen molar-refractivity contribution in [3.63, 3.8) is 0 Å². The van der Waals surface area contributed by atoms with E-state index in [1.54, 1.807) is 12.1 Å². The van der Waals surface area contributed by atoms with Gasteiger partial charge >= 0.3 is 12.0 Å². The van der Waals surface area contributed by atoms with Crippen LogP contribution in [-0.4, -0.2) is 35.1 Å². The number of carboxylic acid groups (broad SMARTS) is 1. The topological polar surface area (TPSA) is 69.6 Å². The number of hydrogen-bond donors (Lipinski definition) is 2. The molecule has 0 spiro atoms. The number of amides is 2. The molecule has 1 atom stereocenters. The summed E-state index contributed by atoms with van der Waals surface area (Å²) in [4.78, 5) is 25.2. The summed E-state index contributed by atoms with van der Waals surface area (Å²) in [6, 6.07) is 7.12. The molecule has 1 aliphatic carbocycles. The van der Waals surface area contributed by atoms with E-state index in [0.717, 1.165) is 25.1 Å². The minimum absolute atomic E-state index is 0.0773. The van der Waals surface area contributed by atoms with Crippen LogP contribution in [0.15, 0.2) is 24.3 Å². The number of nitrogens with one attached hydrogen (secondary N) is 1. The number of aliphatic carboxylic acids is 1. The molecule has 2 aliphatic rings. The van der Waals surface area contributed by atoms with Gasteiger partial charge in [0.05, 0.1) is 5.41 Å². The Morgan fingerprint density at radius 1 is 1.29 bits per heavy atom. The fourth-order valence-electron chi connectivity index (χ4n) is 2.95. The number of rotatable bonds is 3. The summed E-state index contributed by atoms with van der Waals surface area (Å²) < 4.78 is 0. The number of nitrogens with zero attached hydrogens (tertiary/aromatic N) is 1. The zero-order valence-electron chi connectivity index (χ0n) is 12.1. The zero-order chi connectivity index (χ0) is 15.0. The van der Waals surface area contributed by atoms with Crippen molar-refractivity contribution in [3.05, 3.63) is 29.8 Å². The summed E-state index contributed by atoms with van der Waals surface area (Å²) in [6.45, 7) is 3.74. The summed E-state index contributed by atoms with van der Waals surface area (Å²) in [6.07, 6.45) is 2.44. The van der Waals surface area contributed by atoms with E-state index >= 15 is 0 Å². The number of urea groups is 1. The van der Waals surface area contributed by atoms with Gasteiger partial charge in [0.15, 0.2) is 0 Å². The fourth-order valence-corrected chi connectivity index (χ4v) is 2.95. The summed E-state index contributed by atoms with van der Waals surface area (Å²) >= 11 is 0. The van der Waals surface area contributed by atoms with Gasteiger partial charge < -0.3 is 15.3 Å². The number of carbonyl (C=O) groups excluding carboxylic acids is 1. The lowest BCUT2D eigenvalue weighted by molar-refractivity contribution is -0.140. The first-order valence-electron chi connectivity index (χ1n) is 7.41. The van der Waals surface area contributed by atoms with Crippen LogP contribution >= 0.6 is 0 Å². The molecule has 1 saturated heterocycles. The number of carbonyl (C=O) groups is 2. The van der Waals surface area contributed by atoms with E-state index in [9.17, 15) is 14.7 Å². The normalized spacial score (nSPS) is 22.9. The van der Waals surface area contributed by atoms with Gasteiger partial charge in [-0.1, -0.05) is 19.1 Å². The number of anilines is 1. The van der Waals surface area contributed by atoms with Crippen molar-refractivity contribution in [2.45, 2.75) is 31.6 Å². The predicted octanol–water partition coefficient (Wildman–Crippen LogP) is 2.68. The van der Waals surface area contributed by atoms with Gasteiger partial charge in [-0.05, 0) is 42.9 Å². The van der Waals surface area contributed by atoms with Gasteiger partial charge in [0.25, 0.3) is 0 Å². The third kappa shape index (κ3) is 2.60. The second-order valence-corrected chi connectivity index (χ2v) is 6.23. The lowest BCUT2D eigenvalue weighted by Crippen LogP contribution is -2.32. The van der Waals surface area contributed by atoms with Crippen LogP contribution in [0.25, 0.3) is 0 Å². The van der Waals surface area contributed by atoms with Crippen LogP contribution in [0.2, 0.25) is 0 Å². The highest BCUT2D eigenvalue weighted by molar-refractivity contribution is 5.90. The Kier molecular flexibility index (Phi) is 3.35. The van der Waals surface area contributed by atoms with E-state index in [0.29, 0.717) is 24.4 Å². The highest BCUT2D eigenvalue weighted by Crippen LogP contribution is 2.48. The molecule has 0 bridgehead atoms. The highest BCUT2D eigenvalue weighted by Gasteiger charge is 2.51. The van der Waals surface area contributed by atoms with Crippen LogP contribution in [-0.2, 0) is 10.2 Å². The second kappa shape index (κ2) is 5.06. The molecule has 1 saturated carbocycles. The quantitative estimate of drug-likeness (QED) is 0.898. The Balaban J connectivity index is 1.65. The second-order valence-electron chi connectivity index (χ2n) is 6.23. The first-order valence-corrected chi connectivity index (χ1v) is 7.41. The van der Waals surface area contributed by atoms with Crippen molar-refractivity contribution in [3.8, 4) is 0 Å². The molecule has 2 amide bonds. The minimum atomic E-state index is -0.759. The molecule has 3 rings (SSSR count).